The molecule has 0 aliphatic carbocycles. The van der Waals surface area contributed by atoms with E-state index in [9.17, 15) is 0 Å². The van der Waals surface area contributed by atoms with E-state index in [-0.39, 0.29) is 0 Å². The quantitative estimate of drug-likeness (QED) is 0.670. The summed E-state index contributed by atoms with van der Waals surface area (Å²) in [5.74, 6) is 0. The zero-order valence-electron chi connectivity index (χ0n) is 10.8. The normalized spacial score (nSPS) is 12.9. The molecule has 0 saturated heterocycles. The fourth-order valence-corrected chi connectivity index (χ4v) is 2.65. The van der Waals surface area contributed by atoms with Gasteiger partial charge in [0.25, 0.3) is 0 Å². The third-order valence-corrected chi connectivity index (χ3v) is 2.53. The van der Waals surface area contributed by atoms with E-state index < -0.39 is 0 Å². The van der Waals surface area contributed by atoms with Crippen LogP contribution in [-0.4, -0.2) is 0 Å². The van der Waals surface area contributed by atoms with E-state index >= 15 is 0 Å². The van der Waals surface area contributed by atoms with Crippen LogP contribution in [0.15, 0.2) is 30.3 Å². The third-order valence-electron chi connectivity index (χ3n) is 2.53. The molecule has 0 atom stereocenters. The van der Waals surface area contributed by atoms with Gasteiger partial charge in [-0.3, -0.25) is 0 Å². The first-order chi connectivity index (χ1) is 6.79. The highest BCUT2D eigenvalue weighted by atomic mass is 14.3. The summed E-state index contributed by atoms with van der Waals surface area (Å²) in [4.78, 5) is 0. The van der Waals surface area contributed by atoms with Crippen LogP contribution in [0.5, 0.6) is 0 Å². The molecule has 0 aromatic heterocycles. The highest BCUT2D eigenvalue weighted by Crippen LogP contribution is 2.35. The van der Waals surface area contributed by atoms with E-state index in [1.165, 1.54) is 18.4 Å². The van der Waals surface area contributed by atoms with Crippen molar-refractivity contribution in [3.63, 3.8) is 0 Å². The lowest BCUT2D eigenvalue weighted by molar-refractivity contribution is 0.211. The summed E-state index contributed by atoms with van der Waals surface area (Å²) in [7, 11) is 0. The Balaban J connectivity index is 2.65. The van der Waals surface area contributed by atoms with Crippen molar-refractivity contribution in [2.75, 3.05) is 0 Å². The van der Waals surface area contributed by atoms with Crippen molar-refractivity contribution >= 4 is 0 Å². The van der Waals surface area contributed by atoms with Crippen molar-refractivity contribution in [3.8, 4) is 0 Å². The van der Waals surface area contributed by atoms with Gasteiger partial charge < -0.3 is 0 Å². The first kappa shape index (κ1) is 12.3. The molecule has 0 spiro atoms. The molecule has 1 rings (SSSR count). The lowest BCUT2D eigenvalue weighted by Gasteiger charge is -2.32. The van der Waals surface area contributed by atoms with Gasteiger partial charge in [-0.15, -0.1) is 0 Å². The average molecular weight is 204 g/mol. The SMILES string of the molecule is CC(C)(C)CC(C)(C)Cc1ccccc1. The van der Waals surface area contributed by atoms with Crippen molar-refractivity contribution in [1.29, 1.82) is 0 Å². The Kier molecular flexibility index (Phi) is 3.59. The second-order valence-corrected chi connectivity index (χ2v) is 6.56. The maximum Gasteiger partial charge on any atom is -0.0227 e. The molecular formula is C15H24. The van der Waals surface area contributed by atoms with Crippen LogP contribution >= 0.6 is 0 Å². The molecule has 0 aliphatic rings. The van der Waals surface area contributed by atoms with Gasteiger partial charge in [-0.25, -0.2) is 0 Å². The molecule has 0 fully saturated rings. The zero-order valence-corrected chi connectivity index (χ0v) is 10.8. The molecule has 0 radical (unpaired) electrons. The van der Waals surface area contributed by atoms with Crippen molar-refractivity contribution in [2.24, 2.45) is 10.8 Å². The predicted molar refractivity (Wildman–Crippen MR) is 68.0 cm³/mol. The standard InChI is InChI=1S/C15H24/c1-14(2,3)12-15(4,5)11-13-9-7-6-8-10-13/h6-10H,11-12H2,1-5H3. The van der Waals surface area contributed by atoms with Crippen LogP contribution in [0.3, 0.4) is 0 Å². The van der Waals surface area contributed by atoms with Gasteiger partial charge in [-0.05, 0) is 29.2 Å². The highest BCUT2D eigenvalue weighted by Gasteiger charge is 2.25. The molecule has 0 heteroatoms. The van der Waals surface area contributed by atoms with Crippen molar-refractivity contribution in [1.82, 2.24) is 0 Å². The van der Waals surface area contributed by atoms with Crippen LogP contribution in [0.4, 0.5) is 0 Å². The summed E-state index contributed by atoms with van der Waals surface area (Å²) in [6, 6.07) is 10.8. The van der Waals surface area contributed by atoms with Crippen LogP contribution in [0.2, 0.25) is 0 Å². The third kappa shape index (κ3) is 5.01. The topological polar surface area (TPSA) is 0 Å². The largest absolute Gasteiger partial charge is 0.0622 e. The molecule has 84 valence electrons. The summed E-state index contributed by atoms with van der Waals surface area (Å²) in [5, 5.41) is 0. The Morgan fingerprint density at radius 3 is 1.87 bits per heavy atom. The van der Waals surface area contributed by atoms with E-state index in [1.54, 1.807) is 0 Å². The number of hydrogen-bond acceptors (Lipinski definition) is 0. The molecular weight excluding hydrogens is 180 g/mol. The smallest absolute Gasteiger partial charge is 0.0227 e. The van der Waals surface area contributed by atoms with Crippen LogP contribution < -0.4 is 0 Å². The van der Waals surface area contributed by atoms with E-state index in [2.05, 4.69) is 65.0 Å². The van der Waals surface area contributed by atoms with Gasteiger partial charge in [0.15, 0.2) is 0 Å². The zero-order chi connectivity index (χ0) is 11.5. The molecule has 0 saturated carbocycles. The number of rotatable bonds is 3. The van der Waals surface area contributed by atoms with Gasteiger partial charge >= 0.3 is 0 Å². The van der Waals surface area contributed by atoms with E-state index in [0.717, 1.165) is 0 Å². The highest BCUT2D eigenvalue weighted by molar-refractivity contribution is 5.16. The second kappa shape index (κ2) is 4.38. The fraction of sp³-hybridized carbons (Fsp3) is 0.600. The van der Waals surface area contributed by atoms with E-state index in [1.807, 2.05) is 0 Å². The maximum atomic E-state index is 2.37. The second-order valence-electron chi connectivity index (χ2n) is 6.56. The van der Waals surface area contributed by atoms with Crippen LogP contribution in [0.25, 0.3) is 0 Å². The minimum absolute atomic E-state index is 0.388. The first-order valence-corrected chi connectivity index (χ1v) is 5.82. The van der Waals surface area contributed by atoms with Crippen molar-refractivity contribution in [2.45, 2.75) is 47.5 Å². The average Bonchev–Trinajstić information content (AvgIpc) is 1.99. The van der Waals surface area contributed by atoms with Crippen LogP contribution in [0.1, 0.15) is 46.6 Å². The Morgan fingerprint density at radius 2 is 1.40 bits per heavy atom. The monoisotopic (exact) mass is 204 g/mol. The summed E-state index contributed by atoms with van der Waals surface area (Å²) in [6.45, 7) is 11.7. The first-order valence-electron chi connectivity index (χ1n) is 5.82. The molecule has 0 aliphatic heterocycles. The Morgan fingerprint density at radius 1 is 0.867 bits per heavy atom. The van der Waals surface area contributed by atoms with Gasteiger partial charge in [0, 0.05) is 0 Å². The molecule has 0 N–H and O–H groups in total. The predicted octanol–water partition coefficient (Wildman–Crippen LogP) is 4.69. The maximum absolute atomic E-state index is 2.37. The summed E-state index contributed by atoms with van der Waals surface area (Å²) in [5.41, 5.74) is 2.25. The van der Waals surface area contributed by atoms with Crippen LogP contribution in [-0.2, 0) is 6.42 Å². The molecule has 0 amide bonds. The summed E-state index contributed by atoms with van der Waals surface area (Å²) < 4.78 is 0. The number of hydrogen-bond donors (Lipinski definition) is 0. The van der Waals surface area contributed by atoms with Crippen LogP contribution in [0, 0.1) is 10.8 Å². The van der Waals surface area contributed by atoms with Gasteiger partial charge in [0.05, 0.1) is 0 Å². The van der Waals surface area contributed by atoms with Gasteiger partial charge in [0.2, 0.25) is 0 Å². The molecule has 0 heterocycles. The van der Waals surface area contributed by atoms with E-state index in [4.69, 9.17) is 0 Å². The van der Waals surface area contributed by atoms with E-state index in [0.29, 0.717) is 10.8 Å². The molecule has 15 heavy (non-hydrogen) atoms. The number of benzene rings is 1. The van der Waals surface area contributed by atoms with Gasteiger partial charge in [0.1, 0.15) is 0 Å². The van der Waals surface area contributed by atoms with Gasteiger partial charge in [-0.2, -0.15) is 0 Å². The Labute approximate surface area is 94.7 Å². The molecule has 0 nitrogen and oxygen atoms in total. The molecule has 1 aromatic carbocycles. The molecule has 1 aromatic rings. The van der Waals surface area contributed by atoms with Gasteiger partial charge in [-0.1, -0.05) is 65.0 Å². The molecule has 0 bridgehead atoms. The Bertz CT molecular complexity index is 288. The Hall–Kier alpha value is -0.780. The molecule has 0 unspecified atom stereocenters. The lowest BCUT2D eigenvalue weighted by Crippen LogP contribution is -2.22. The summed E-state index contributed by atoms with van der Waals surface area (Å²) in [6.07, 6.45) is 2.43. The minimum atomic E-state index is 0.388. The van der Waals surface area contributed by atoms with Crippen molar-refractivity contribution < 1.29 is 0 Å². The summed E-state index contributed by atoms with van der Waals surface area (Å²) >= 11 is 0. The lowest BCUT2D eigenvalue weighted by atomic mass is 9.73. The fourth-order valence-electron chi connectivity index (χ4n) is 2.65. The van der Waals surface area contributed by atoms with Crippen molar-refractivity contribution in [3.05, 3.63) is 35.9 Å². The minimum Gasteiger partial charge on any atom is -0.0622 e.